The number of anilines is 1. The average molecular weight is 394 g/mol. The van der Waals surface area contributed by atoms with Crippen molar-refractivity contribution in [1.29, 1.82) is 0 Å². The number of ether oxygens (including phenoxy) is 1. The van der Waals surface area contributed by atoms with E-state index in [1.165, 1.54) is 4.52 Å². The van der Waals surface area contributed by atoms with Crippen molar-refractivity contribution in [3.63, 3.8) is 0 Å². The highest BCUT2D eigenvalue weighted by Gasteiger charge is 2.31. The van der Waals surface area contributed by atoms with E-state index in [9.17, 15) is 4.79 Å². The molecule has 4 heterocycles. The standard InChI is InChI=1S/C20H22N6O3/c1-20(2,3)29-19(27)25-10-4-6-14(25)9-8-13-12-26-18(16(21)22-13)23-17(24-26)15-7-5-11-28-15/h5,7,11-12,14H,4,6,10H2,1-3H3,(H2,21,22)/t14-/m0/s1. The summed E-state index contributed by atoms with van der Waals surface area (Å²) in [6.45, 7) is 6.16. The Morgan fingerprint density at radius 3 is 2.93 bits per heavy atom. The van der Waals surface area contributed by atoms with E-state index in [4.69, 9.17) is 14.9 Å². The van der Waals surface area contributed by atoms with Gasteiger partial charge in [-0.25, -0.2) is 19.3 Å². The molecular weight excluding hydrogens is 372 g/mol. The third-order valence-corrected chi connectivity index (χ3v) is 4.34. The second-order valence-electron chi connectivity index (χ2n) is 7.79. The molecule has 1 atom stereocenters. The van der Waals surface area contributed by atoms with Crippen LogP contribution >= 0.6 is 0 Å². The van der Waals surface area contributed by atoms with Crippen molar-refractivity contribution < 1.29 is 13.9 Å². The number of carbonyl (C=O) groups excluding carboxylic acids is 1. The quantitative estimate of drug-likeness (QED) is 0.632. The number of rotatable bonds is 1. The molecule has 3 aromatic heterocycles. The van der Waals surface area contributed by atoms with E-state index in [2.05, 4.69) is 26.9 Å². The normalized spacial score (nSPS) is 16.7. The van der Waals surface area contributed by atoms with Crippen LogP contribution in [0, 0.1) is 11.8 Å². The molecular formula is C20H22N6O3. The van der Waals surface area contributed by atoms with Gasteiger partial charge in [0.15, 0.2) is 17.2 Å². The molecule has 3 aromatic rings. The second kappa shape index (κ2) is 7.13. The van der Waals surface area contributed by atoms with Crippen LogP contribution in [0.4, 0.5) is 10.6 Å². The van der Waals surface area contributed by atoms with Gasteiger partial charge < -0.3 is 14.9 Å². The van der Waals surface area contributed by atoms with Crippen molar-refractivity contribution in [3.05, 3.63) is 30.3 Å². The average Bonchev–Trinajstić information content (AvgIpc) is 3.37. The van der Waals surface area contributed by atoms with Gasteiger partial charge in [0.2, 0.25) is 5.82 Å². The first kappa shape index (κ1) is 18.8. The molecule has 1 amide bonds. The number of amides is 1. The number of nitrogens with two attached hydrogens (primary N) is 1. The molecule has 0 spiro atoms. The monoisotopic (exact) mass is 394 g/mol. The Hall–Kier alpha value is -3.54. The molecule has 0 bridgehead atoms. The van der Waals surface area contributed by atoms with Gasteiger partial charge in [0.05, 0.1) is 18.5 Å². The zero-order valence-corrected chi connectivity index (χ0v) is 16.5. The number of fused-ring (bicyclic) bond motifs is 1. The molecule has 0 aliphatic carbocycles. The van der Waals surface area contributed by atoms with E-state index in [0.717, 1.165) is 12.8 Å². The Bertz CT molecular complexity index is 1100. The lowest BCUT2D eigenvalue weighted by Gasteiger charge is -2.26. The number of hydrogen-bond donors (Lipinski definition) is 1. The minimum absolute atomic E-state index is 0.220. The van der Waals surface area contributed by atoms with E-state index < -0.39 is 5.60 Å². The van der Waals surface area contributed by atoms with Crippen molar-refractivity contribution in [2.75, 3.05) is 12.3 Å². The van der Waals surface area contributed by atoms with Crippen molar-refractivity contribution in [3.8, 4) is 23.4 Å². The third kappa shape index (κ3) is 4.01. The highest BCUT2D eigenvalue weighted by Crippen LogP contribution is 2.21. The van der Waals surface area contributed by atoms with Crippen LogP contribution in [0.5, 0.6) is 0 Å². The van der Waals surface area contributed by atoms with Crippen molar-refractivity contribution in [2.45, 2.75) is 45.3 Å². The van der Waals surface area contributed by atoms with Crippen LogP contribution in [-0.2, 0) is 4.74 Å². The van der Waals surface area contributed by atoms with Gasteiger partial charge in [-0.05, 0) is 51.7 Å². The van der Waals surface area contributed by atoms with Gasteiger partial charge in [-0.1, -0.05) is 5.92 Å². The first-order valence-corrected chi connectivity index (χ1v) is 9.38. The Kier molecular flexibility index (Phi) is 4.62. The summed E-state index contributed by atoms with van der Waals surface area (Å²) in [4.78, 5) is 22.7. The number of aromatic nitrogens is 4. The first-order valence-electron chi connectivity index (χ1n) is 9.38. The van der Waals surface area contributed by atoms with Crippen LogP contribution in [0.15, 0.2) is 29.0 Å². The van der Waals surface area contributed by atoms with E-state index in [-0.39, 0.29) is 18.0 Å². The molecule has 0 unspecified atom stereocenters. The highest BCUT2D eigenvalue weighted by atomic mass is 16.6. The summed E-state index contributed by atoms with van der Waals surface area (Å²) in [6.07, 6.45) is 4.53. The van der Waals surface area contributed by atoms with Crippen LogP contribution in [0.3, 0.4) is 0 Å². The summed E-state index contributed by atoms with van der Waals surface area (Å²) < 4.78 is 12.3. The minimum atomic E-state index is -0.544. The van der Waals surface area contributed by atoms with Crippen LogP contribution in [0.25, 0.3) is 17.2 Å². The predicted octanol–water partition coefficient (Wildman–Crippen LogP) is 2.72. The van der Waals surface area contributed by atoms with E-state index >= 15 is 0 Å². The summed E-state index contributed by atoms with van der Waals surface area (Å²) in [7, 11) is 0. The Morgan fingerprint density at radius 2 is 2.21 bits per heavy atom. The lowest BCUT2D eigenvalue weighted by atomic mass is 10.2. The molecule has 29 heavy (non-hydrogen) atoms. The maximum absolute atomic E-state index is 12.4. The van der Waals surface area contributed by atoms with Crippen LogP contribution in [0.1, 0.15) is 39.3 Å². The van der Waals surface area contributed by atoms with Crippen molar-refractivity contribution >= 4 is 17.6 Å². The molecule has 0 saturated carbocycles. The lowest BCUT2D eigenvalue weighted by Crippen LogP contribution is -2.39. The van der Waals surface area contributed by atoms with Crippen LogP contribution in [-0.4, -0.2) is 48.8 Å². The molecule has 0 aromatic carbocycles. The fourth-order valence-corrected chi connectivity index (χ4v) is 3.10. The van der Waals surface area contributed by atoms with Gasteiger partial charge in [-0.3, -0.25) is 4.90 Å². The maximum atomic E-state index is 12.4. The molecule has 150 valence electrons. The maximum Gasteiger partial charge on any atom is 0.411 e. The topological polar surface area (TPSA) is 112 Å². The smallest absolute Gasteiger partial charge is 0.411 e. The molecule has 4 rings (SSSR count). The molecule has 1 fully saturated rings. The first-order chi connectivity index (χ1) is 13.8. The number of nitrogens with zero attached hydrogens (tertiary/aromatic N) is 5. The number of carbonyl (C=O) groups is 1. The second-order valence-corrected chi connectivity index (χ2v) is 7.79. The van der Waals surface area contributed by atoms with E-state index in [0.29, 0.717) is 29.5 Å². The summed E-state index contributed by atoms with van der Waals surface area (Å²) in [5.74, 6) is 7.31. The Labute approximate surface area is 167 Å². The van der Waals surface area contributed by atoms with Gasteiger partial charge >= 0.3 is 6.09 Å². The van der Waals surface area contributed by atoms with Crippen molar-refractivity contribution in [1.82, 2.24) is 24.5 Å². The van der Waals surface area contributed by atoms with Crippen LogP contribution < -0.4 is 5.73 Å². The SMILES string of the molecule is CC(C)(C)OC(=O)N1CCC[C@H]1C#Cc1cn2nc(-c3ccco3)nc2c(N)n1. The number of likely N-dealkylation sites (tertiary alicyclic amines) is 1. The molecule has 1 aliphatic rings. The van der Waals surface area contributed by atoms with Gasteiger partial charge in [-0.15, -0.1) is 5.10 Å². The lowest BCUT2D eigenvalue weighted by molar-refractivity contribution is 0.0261. The molecule has 9 nitrogen and oxygen atoms in total. The molecule has 0 radical (unpaired) electrons. The third-order valence-electron chi connectivity index (χ3n) is 4.34. The Balaban J connectivity index is 1.58. The highest BCUT2D eigenvalue weighted by molar-refractivity contribution is 5.69. The van der Waals surface area contributed by atoms with Gasteiger partial charge in [-0.2, -0.15) is 0 Å². The van der Waals surface area contributed by atoms with E-state index in [1.54, 1.807) is 29.5 Å². The number of hydrogen-bond acceptors (Lipinski definition) is 7. The van der Waals surface area contributed by atoms with Crippen molar-refractivity contribution in [2.24, 2.45) is 0 Å². The van der Waals surface area contributed by atoms with E-state index in [1.807, 2.05) is 20.8 Å². The number of nitrogen functional groups attached to an aromatic ring is 1. The molecule has 9 heteroatoms. The summed E-state index contributed by atoms with van der Waals surface area (Å²) in [5, 5.41) is 4.38. The minimum Gasteiger partial charge on any atom is -0.461 e. The fraction of sp³-hybridized carbons (Fsp3) is 0.400. The molecule has 1 aliphatic heterocycles. The molecule has 2 N–H and O–H groups in total. The number of furan rings is 1. The molecule has 1 saturated heterocycles. The predicted molar refractivity (Wildman–Crippen MR) is 106 cm³/mol. The zero-order valence-electron chi connectivity index (χ0n) is 16.5. The van der Waals surface area contributed by atoms with Gasteiger partial charge in [0.1, 0.15) is 11.3 Å². The van der Waals surface area contributed by atoms with Gasteiger partial charge in [0, 0.05) is 6.54 Å². The summed E-state index contributed by atoms with van der Waals surface area (Å²) >= 11 is 0. The Morgan fingerprint density at radius 1 is 1.38 bits per heavy atom. The summed E-state index contributed by atoms with van der Waals surface area (Å²) in [6, 6.07) is 3.31. The fourth-order valence-electron chi connectivity index (χ4n) is 3.10. The van der Waals surface area contributed by atoms with Crippen LogP contribution in [0.2, 0.25) is 0 Å². The zero-order chi connectivity index (χ0) is 20.6. The van der Waals surface area contributed by atoms with Gasteiger partial charge in [0.25, 0.3) is 0 Å². The largest absolute Gasteiger partial charge is 0.461 e. The summed E-state index contributed by atoms with van der Waals surface area (Å²) in [5.41, 5.74) is 6.37.